The number of hydrogen-bond acceptors (Lipinski definition) is 6. The average molecular weight is 323 g/mol. The highest BCUT2D eigenvalue weighted by Crippen LogP contribution is 2.20. The minimum absolute atomic E-state index is 0.0776. The number of nitro groups is 1. The van der Waals surface area contributed by atoms with Crippen LogP contribution in [0.4, 0.5) is 5.69 Å². The van der Waals surface area contributed by atoms with Crippen LogP contribution in [0.3, 0.4) is 0 Å². The molecule has 1 heterocycles. The van der Waals surface area contributed by atoms with Gasteiger partial charge in [-0.15, -0.1) is 0 Å². The zero-order chi connectivity index (χ0) is 17.2. The van der Waals surface area contributed by atoms with Gasteiger partial charge in [-0.2, -0.15) is 0 Å². The Bertz CT molecular complexity index is 757. The summed E-state index contributed by atoms with van der Waals surface area (Å²) in [5.41, 5.74) is -0.0971. The molecule has 0 amide bonds. The predicted molar refractivity (Wildman–Crippen MR) is 85.5 cm³/mol. The summed E-state index contributed by atoms with van der Waals surface area (Å²) in [6.07, 6.45) is 0.657. The maximum Gasteiger partial charge on any atom is 0.419 e. The van der Waals surface area contributed by atoms with Gasteiger partial charge in [0.05, 0.1) is 16.0 Å². The Kier molecular flexibility index (Phi) is 4.86. The standard InChI is InChI=1S/C15H21N3O5/c1-15(2,20)10-16(3)7-4-8-17-12-9-11(18(21)22)5-6-13(12)23-14(17)19/h5-6,9,20H,4,7-8,10H2,1-3H3. The van der Waals surface area contributed by atoms with Crippen LogP contribution in [-0.2, 0) is 6.54 Å². The molecule has 0 fully saturated rings. The zero-order valence-corrected chi connectivity index (χ0v) is 13.5. The summed E-state index contributed by atoms with van der Waals surface area (Å²) in [7, 11) is 1.89. The molecule has 23 heavy (non-hydrogen) atoms. The van der Waals surface area contributed by atoms with E-state index in [4.69, 9.17) is 4.42 Å². The number of aromatic nitrogens is 1. The van der Waals surface area contributed by atoms with Crippen LogP contribution >= 0.6 is 0 Å². The maximum absolute atomic E-state index is 11.9. The van der Waals surface area contributed by atoms with Gasteiger partial charge in [0.2, 0.25) is 0 Å². The van der Waals surface area contributed by atoms with Gasteiger partial charge in [0.15, 0.2) is 5.58 Å². The van der Waals surface area contributed by atoms with Crippen LogP contribution in [0.5, 0.6) is 0 Å². The van der Waals surface area contributed by atoms with Crippen LogP contribution in [0.15, 0.2) is 27.4 Å². The molecule has 1 aromatic heterocycles. The van der Waals surface area contributed by atoms with Crippen molar-refractivity contribution in [3.63, 3.8) is 0 Å². The number of aryl methyl sites for hydroxylation is 1. The van der Waals surface area contributed by atoms with Gasteiger partial charge in [-0.1, -0.05) is 0 Å². The van der Waals surface area contributed by atoms with Crippen molar-refractivity contribution in [1.82, 2.24) is 9.47 Å². The Morgan fingerprint density at radius 2 is 2.13 bits per heavy atom. The second-order valence-corrected chi connectivity index (χ2v) is 6.33. The van der Waals surface area contributed by atoms with E-state index < -0.39 is 16.3 Å². The van der Waals surface area contributed by atoms with Crippen LogP contribution in [0.1, 0.15) is 20.3 Å². The molecular formula is C15H21N3O5. The van der Waals surface area contributed by atoms with Gasteiger partial charge in [0.25, 0.3) is 5.69 Å². The summed E-state index contributed by atoms with van der Waals surface area (Å²) in [6, 6.07) is 4.10. The Labute approximate surface area is 133 Å². The second kappa shape index (κ2) is 6.51. The Morgan fingerprint density at radius 3 is 2.74 bits per heavy atom. The number of benzene rings is 1. The lowest BCUT2D eigenvalue weighted by atomic mass is 10.1. The fraction of sp³-hybridized carbons (Fsp3) is 0.533. The normalized spacial score (nSPS) is 12.2. The molecule has 0 saturated heterocycles. The number of non-ortho nitro benzene ring substituents is 1. The first-order valence-electron chi connectivity index (χ1n) is 7.36. The van der Waals surface area contributed by atoms with Crippen molar-refractivity contribution >= 4 is 16.8 Å². The van der Waals surface area contributed by atoms with Gasteiger partial charge in [-0.05, 0) is 39.9 Å². The summed E-state index contributed by atoms with van der Waals surface area (Å²) in [5.74, 6) is -0.523. The highest BCUT2D eigenvalue weighted by Gasteiger charge is 2.16. The molecule has 0 aliphatic rings. The van der Waals surface area contributed by atoms with Crippen LogP contribution in [0, 0.1) is 10.1 Å². The number of fused-ring (bicyclic) bond motifs is 1. The van der Waals surface area contributed by atoms with Gasteiger partial charge in [0.1, 0.15) is 0 Å². The van der Waals surface area contributed by atoms with E-state index in [1.165, 1.54) is 22.8 Å². The van der Waals surface area contributed by atoms with Crippen molar-refractivity contribution in [2.75, 3.05) is 20.1 Å². The first-order chi connectivity index (χ1) is 10.7. The van der Waals surface area contributed by atoms with Crippen molar-refractivity contribution in [2.45, 2.75) is 32.4 Å². The smallest absolute Gasteiger partial charge is 0.408 e. The second-order valence-electron chi connectivity index (χ2n) is 6.33. The lowest BCUT2D eigenvalue weighted by Gasteiger charge is -2.25. The van der Waals surface area contributed by atoms with Gasteiger partial charge >= 0.3 is 5.76 Å². The third-order valence-corrected chi connectivity index (χ3v) is 3.44. The van der Waals surface area contributed by atoms with Crippen molar-refractivity contribution in [2.24, 2.45) is 0 Å². The van der Waals surface area contributed by atoms with E-state index >= 15 is 0 Å². The molecule has 0 saturated carbocycles. The minimum Gasteiger partial charge on any atom is -0.408 e. The molecule has 8 nitrogen and oxygen atoms in total. The largest absolute Gasteiger partial charge is 0.419 e. The van der Waals surface area contributed by atoms with E-state index in [0.717, 1.165) is 0 Å². The lowest BCUT2D eigenvalue weighted by Crippen LogP contribution is -2.37. The SMILES string of the molecule is CN(CCCn1c(=O)oc2ccc([N+](=O)[O-])cc21)CC(C)(C)O. The van der Waals surface area contributed by atoms with E-state index in [9.17, 15) is 20.0 Å². The van der Waals surface area contributed by atoms with E-state index in [1.54, 1.807) is 13.8 Å². The van der Waals surface area contributed by atoms with Crippen LogP contribution in [0.25, 0.3) is 11.1 Å². The summed E-state index contributed by atoms with van der Waals surface area (Å²) in [5, 5.41) is 20.6. The van der Waals surface area contributed by atoms with Gasteiger partial charge in [-0.3, -0.25) is 14.7 Å². The molecule has 0 atom stereocenters. The quantitative estimate of drug-likeness (QED) is 0.613. The average Bonchev–Trinajstić information content (AvgIpc) is 2.72. The molecule has 1 N–H and O–H groups in total. The molecule has 2 aromatic rings. The van der Waals surface area contributed by atoms with Crippen LogP contribution < -0.4 is 5.76 Å². The molecule has 0 spiro atoms. The summed E-state index contributed by atoms with van der Waals surface area (Å²) in [4.78, 5) is 24.2. The molecule has 1 aromatic carbocycles. The van der Waals surface area contributed by atoms with Crippen molar-refractivity contribution < 1.29 is 14.4 Å². The third-order valence-electron chi connectivity index (χ3n) is 3.44. The molecular weight excluding hydrogens is 302 g/mol. The number of aliphatic hydroxyl groups is 1. The topological polar surface area (TPSA) is 102 Å². The van der Waals surface area contributed by atoms with E-state index in [2.05, 4.69) is 0 Å². The molecule has 2 rings (SSSR count). The number of nitrogens with zero attached hydrogens (tertiary/aromatic N) is 3. The van der Waals surface area contributed by atoms with Gasteiger partial charge < -0.3 is 14.4 Å². The zero-order valence-electron chi connectivity index (χ0n) is 13.5. The first-order valence-corrected chi connectivity index (χ1v) is 7.36. The Morgan fingerprint density at radius 1 is 1.43 bits per heavy atom. The van der Waals surface area contributed by atoms with E-state index in [-0.39, 0.29) is 5.69 Å². The van der Waals surface area contributed by atoms with Gasteiger partial charge in [0, 0.05) is 25.2 Å². The fourth-order valence-electron chi connectivity index (χ4n) is 2.61. The Balaban J connectivity index is 2.11. The van der Waals surface area contributed by atoms with Gasteiger partial charge in [-0.25, -0.2) is 4.79 Å². The maximum atomic E-state index is 11.9. The molecule has 0 aliphatic heterocycles. The summed E-state index contributed by atoms with van der Waals surface area (Å²) < 4.78 is 6.51. The fourth-order valence-corrected chi connectivity index (χ4v) is 2.61. The van der Waals surface area contributed by atoms with Crippen molar-refractivity contribution in [1.29, 1.82) is 0 Å². The summed E-state index contributed by atoms with van der Waals surface area (Å²) >= 11 is 0. The number of rotatable bonds is 7. The third kappa shape index (κ3) is 4.40. The van der Waals surface area contributed by atoms with Crippen LogP contribution in [0.2, 0.25) is 0 Å². The molecule has 0 bridgehead atoms. The molecule has 0 unspecified atom stereocenters. The number of likely N-dealkylation sites (N-methyl/N-ethyl adjacent to an activating group) is 1. The molecule has 0 radical (unpaired) electrons. The molecule has 8 heteroatoms. The van der Waals surface area contributed by atoms with E-state index in [1.807, 2.05) is 11.9 Å². The number of oxazole rings is 1. The minimum atomic E-state index is -0.783. The highest BCUT2D eigenvalue weighted by molar-refractivity contribution is 5.75. The molecule has 0 aliphatic carbocycles. The predicted octanol–water partition coefficient (Wildman–Crippen LogP) is 1.60. The van der Waals surface area contributed by atoms with Crippen molar-refractivity contribution in [3.8, 4) is 0 Å². The number of nitro benzene ring substituents is 1. The monoisotopic (exact) mass is 323 g/mol. The van der Waals surface area contributed by atoms with Crippen molar-refractivity contribution in [3.05, 3.63) is 38.9 Å². The molecule has 126 valence electrons. The Hall–Kier alpha value is -2.19. The van der Waals surface area contributed by atoms with E-state index in [0.29, 0.717) is 37.2 Å². The first kappa shape index (κ1) is 17.2. The highest BCUT2D eigenvalue weighted by atomic mass is 16.6. The summed E-state index contributed by atoms with van der Waals surface area (Å²) in [6.45, 7) is 5.05. The lowest BCUT2D eigenvalue weighted by molar-refractivity contribution is -0.384. The number of hydrogen-bond donors (Lipinski definition) is 1. The van der Waals surface area contributed by atoms with Crippen LogP contribution in [-0.4, -0.2) is 45.2 Å².